The Hall–Kier alpha value is -3.71. The van der Waals surface area contributed by atoms with Crippen molar-refractivity contribution < 1.29 is 14.3 Å². The number of carboxylic acids is 1. The zero-order valence-electron chi connectivity index (χ0n) is 18.0. The Balaban J connectivity index is 1.93. The average molecular weight is 444 g/mol. The summed E-state index contributed by atoms with van der Waals surface area (Å²) in [6, 6.07) is 17.8. The highest BCUT2D eigenvalue weighted by molar-refractivity contribution is 6.89. The maximum Gasteiger partial charge on any atom is 0.335 e. The van der Waals surface area contributed by atoms with Crippen LogP contribution in [0.1, 0.15) is 10.4 Å². The number of nitrogens with one attached hydrogen (secondary N) is 1. The van der Waals surface area contributed by atoms with Crippen molar-refractivity contribution in [2.75, 3.05) is 0 Å². The second-order valence-electron chi connectivity index (χ2n) is 8.99. The Bertz CT molecular complexity index is 1480. The predicted molar refractivity (Wildman–Crippen MR) is 128 cm³/mol. The SMILES string of the molecule is C[Si](C)(C)c1c(-c2ccc(C(=O)O)cc2)c2cc3[nH]ncc3cc2n1-c1ccc(F)cc1. The molecule has 2 N–H and O–H groups in total. The van der Waals surface area contributed by atoms with Gasteiger partial charge in [-0.05, 0) is 54.1 Å². The van der Waals surface area contributed by atoms with E-state index in [2.05, 4.69) is 46.5 Å². The van der Waals surface area contributed by atoms with Crippen LogP contribution >= 0.6 is 0 Å². The number of hydrogen-bond acceptors (Lipinski definition) is 2. The predicted octanol–water partition coefficient (Wildman–Crippen LogP) is 5.56. The van der Waals surface area contributed by atoms with E-state index in [1.807, 2.05) is 12.1 Å². The quantitative estimate of drug-likeness (QED) is 0.358. The van der Waals surface area contributed by atoms with E-state index in [4.69, 9.17) is 0 Å². The Kier molecular flexibility index (Phi) is 4.53. The van der Waals surface area contributed by atoms with Crippen molar-refractivity contribution >= 4 is 41.2 Å². The molecule has 2 heterocycles. The van der Waals surface area contributed by atoms with Crippen LogP contribution in [0.5, 0.6) is 0 Å². The number of hydrogen-bond donors (Lipinski definition) is 2. The lowest BCUT2D eigenvalue weighted by molar-refractivity contribution is 0.0697. The molecular weight excluding hydrogens is 421 g/mol. The molecule has 0 saturated carbocycles. The van der Waals surface area contributed by atoms with E-state index in [1.165, 1.54) is 17.4 Å². The van der Waals surface area contributed by atoms with Crippen LogP contribution in [0, 0.1) is 5.82 Å². The summed E-state index contributed by atoms with van der Waals surface area (Å²) in [6.45, 7) is 6.84. The molecule has 3 aromatic carbocycles. The summed E-state index contributed by atoms with van der Waals surface area (Å²) in [7, 11) is -1.95. The van der Waals surface area contributed by atoms with Gasteiger partial charge in [-0.15, -0.1) is 0 Å². The van der Waals surface area contributed by atoms with Crippen molar-refractivity contribution in [3.8, 4) is 16.8 Å². The summed E-state index contributed by atoms with van der Waals surface area (Å²) < 4.78 is 16.0. The average Bonchev–Trinajstić information content (AvgIpc) is 3.34. The first-order chi connectivity index (χ1) is 15.2. The van der Waals surface area contributed by atoms with Crippen molar-refractivity contribution in [2.24, 2.45) is 0 Å². The number of fused-ring (bicyclic) bond motifs is 2. The molecule has 0 radical (unpaired) electrons. The number of benzene rings is 3. The summed E-state index contributed by atoms with van der Waals surface area (Å²) in [4.78, 5) is 11.4. The second kappa shape index (κ2) is 7.17. The monoisotopic (exact) mass is 443 g/mol. The van der Waals surface area contributed by atoms with Gasteiger partial charge in [0.15, 0.2) is 0 Å². The van der Waals surface area contributed by atoms with Gasteiger partial charge >= 0.3 is 5.97 Å². The summed E-state index contributed by atoms with van der Waals surface area (Å²) in [6.07, 6.45) is 1.80. The maximum absolute atomic E-state index is 13.7. The standard InChI is InChI=1S/C25H22FN3O2Si/c1-32(2,3)24-23(15-4-6-16(7-5-15)25(30)31)20-13-21-17(14-27-28-21)12-22(20)29(24)19-10-8-18(26)9-11-19/h4-14H,1-3H3,(H,27,28)(H,30,31). The fourth-order valence-electron chi connectivity index (χ4n) is 4.36. The van der Waals surface area contributed by atoms with Gasteiger partial charge < -0.3 is 9.67 Å². The molecule has 5 aromatic rings. The molecule has 0 amide bonds. The minimum atomic E-state index is -1.95. The number of carbonyl (C=O) groups is 1. The van der Waals surface area contributed by atoms with Gasteiger partial charge in [0.1, 0.15) is 5.82 Å². The molecule has 32 heavy (non-hydrogen) atoms. The van der Waals surface area contributed by atoms with E-state index in [-0.39, 0.29) is 11.4 Å². The third-order valence-electron chi connectivity index (χ3n) is 5.74. The number of rotatable bonds is 4. The zero-order valence-corrected chi connectivity index (χ0v) is 19.0. The van der Waals surface area contributed by atoms with Gasteiger partial charge in [0.2, 0.25) is 0 Å². The van der Waals surface area contributed by atoms with Gasteiger partial charge in [-0.3, -0.25) is 5.10 Å². The number of nitrogens with zero attached hydrogens (tertiary/aromatic N) is 2. The first-order valence-electron chi connectivity index (χ1n) is 10.4. The van der Waals surface area contributed by atoms with Gasteiger partial charge in [-0.1, -0.05) is 31.8 Å². The molecular formula is C25H22FN3O2Si. The van der Waals surface area contributed by atoms with Crippen LogP contribution in [0.4, 0.5) is 4.39 Å². The van der Waals surface area contributed by atoms with Gasteiger partial charge in [0.05, 0.1) is 30.9 Å². The van der Waals surface area contributed by atoms with E-state index in [9.17, 15) is 14.3 Å². The molecule has 0 atom stereocenters. The topological polar surface area (TPSA) is 70.9 Å². The molecule has 0 aliphatic heterocycles. The third-order valence-corrected chi connectivity index (χ3v) is 7.64. The van der Waals surface area contributed by atoms with E-state index >= 15 is 0 Å². The fourth-order valence-corrected chi connectivity index (χ4v) is 6.31. The molecule has 0 aliphatic carbocycles. The number of aromatic nitrogens is 3. The van der Waals surface area contributed by atoms with Crippen LogP contribution in [0.3, 0.4) is 0 Å². The largest absolute Gasteiger partial charge is 0.478 e. The Morgan fingerprint density at radius 3 is 2.34 bits per heavy atom. The molecule has 0 spiro atoms. The lowest BCUT2D eigenvalue weighted by Crippen LogP contribution is -2.43. The Morgan fingerprint density at radius 2 is 1.72 bits per heavy atom. The Morgan fingerprint density at radius 1 is 1.03 bits per heavy atom. The zero-order chi connectivity index (χ0) is 22.6. The molecule has 7 heteroatoms. The first-order valence-corrected chi connectivity index (χ1v) is 13.9. The Labute approximate surface area is 185 Å². The van der Waals surface area contributed by atoms with Crippen LogP contribution in [-0.2, 0) is 0 Å². The van der Waals surface area contributed by atoms with Crippen molar-refractivity contribution in [3.05, 3.63) is 78.2 Å². The highest BCUT2D eigenvalue weighted by atomic mass is 28.3. The molecule has 0 bridgehead atoms. The molecule has 160 valence electrons. The van der Waals surface area contributed by atoms with Crippen molar-refractivity contribution in [1.82, 2.24) is 14.8 Å². The minimum absolute atomic E-state index is 0.251. The number of H-pyrrole nitrogens is 1. The molecule has 5 rings (SSSR count). The van der Waals surface area contributed by atoms with Crippen LogP contribution in [0.2, 0.25) is 19.6 Å². The van der Waals surface area contributed by atoms with E-state index in [0.29, 0.717) is 0 Å². The van der Waals surface area contributed by atoms with Crippen molar-refractivity contribution in [1.29, 1.82) is 0 Å². The lowest BCUT2D eigenvalue weighted by Gasteiger charge is -2.23. The van der Waals surface area contributed by atoms with E-state index in [1.54, 1.807) is 30.5 Å². The summed E-state index contributed by atoms with van der Waals surface area (Å²) in [5, 5.41) is 19.8. The fraction of sp³-hybridized carbons (Fsp3) is 0.120. The van der Waals surface area contributed by atoms with Gasteiger partial charge in [-0.25, -0.2) is 9.18 Å². The molecule has 2 aromatic heterocycles. The van der Waals surface area contributed by atoms with Crippen LogP contribution < -0.4 is 5.32 Å². The second-order valence-corrected chi connectivity index (χ2v) is 14.0. The van der Waals surface area contributed by atoms with Crippen molar-refractivity contribution in [2.45, 2.75) is 19.6 Å². The molecule has 0 saturated heterocycles. The van der Waals surface area contributed by atoms with Gasteiger partial charge in [-0.2, -0.15) is 5.10 Å². The summed E-state index contributed by atoms with van der Waals surface area (Å²) in [5.74, 6) is -1.23. The normalized spacial score (nSPS) is 12.0. The lowest BCUT2D eigenvalue weighted by atomic mass is 10.0. The summed E-state index contributed by atoms with van der Waals surface area (Å²) in [5.41, 5.74) is 5.13. The highest BCUT2D eigenvalue weighted by Crippen LogP contribution is 2.35. The summed E-state index contributed by atoms with van der Waals surface area (Å²) >= 11 is 0. The van der Waals surface area contributed by atoms with E-state index < -0.39 is 14.0 Å². The van der Waals surface area contributed by atoms with Gasteiger partial charge in [0.25, 0.3) is 0 Å². The maximum atomic E-state index is 13.7. The molecule has 0 unspecified atom stereocenters. The van der Waals surface area contributed by atoms with Crippen LogP contribution in [0.15, 0.2) is 66.9 Å². The smallest absolute Gasteiger partial charge is 0.335 e. The first kappa shape index (κ1) is 20.2. The molecule has 5 nitrogen and oxygen atoms in total. The van der Waals surface area contributed by atoms with Crippen molar-refractivity contribution in [3.63, 3.8) is 0 Å². The molecule has 0 aliphatic rings. The third kappa shape index (κ3) is 3.22. The van der Waals surface area contributed by atoms with E-state index in [0.717, 1.165) is 38.6 Å². The number of aromatic amines is 1. The number of halogens is 1. The highest BCUT2D eigenvalue weighted by Gasteiger charge is 2.30. The van der Waals surface area contributed by atoms with Crippen LogP contribution in [-0.4, -0.2) is 33.9 Å². The minimum Gasteiger partial charge on any atom is -0.478 e. The van der Waals surface area contributed by atoms with Crippen LogP contribution in [0.25, 0.3) is 38.6 Å². The molecule has 0 fully saturated rings. The van der Waals surface area contributed by atoms with Gasteiger partial charge in [0, 0.05) is 27.3 Å². The number of carboxylic acid groups (broad SMARTS) is 1. The number of aromatic carboxylic acids is 1.